The third-order valence-electron chi connectivity index (χ3n) is 4.69. The molecule has 3 rings (SSSR count). The van der Waals surface area contributed by atoms with Crippen LogP contribution in [-0.4, -0.2) is 40.3 Å². The van der Waals surface area contributed by atoms with Gasteiger partial charge < -0.3 is 10.1 Å². The van der Waals surface area contributed by atoms with Gasteiger partial charge in [0.05, 0.1) is 19.2 Å². The quantitative estimate of drug-likeness (QED) is 0.571. The number of nitrogens with one attached hydrogen (secondary N) is 1. The molecule has 1 fully saturated rings. The van der Waals surface area contributed by atoms with E-state index in [1.165, 1.54) is 22.5 Å². The van der Waals surface area contributed by atoms with E-state index in [0.717, 1.165) is 34.2 Å². The van der Waals surface area contributed by atoms with Crippen LogP contribution in [0.25, 0.3) is 0 Å². The number of aryl methyl sites for hydroxylation is 2. The van der Waals surface area contributed by atoms with Crippen LogP contribution in [0, 0.1) is 23.7 Å². The minimum Gasteiger partial charge on any atom is -0.466 e. The molecule has 0 spiro atoms. The minimum atomic E-state index is -0.0960. The van der Waals surface area contributed by atoms with Crippen LogP contribution in [0.1, 0.15) is 30.9 Å². The number of esters is 1. The van der Waals surface area contributed by atoms with Gasteiger partial charge in [-0.3, -0.25) is 9.69 Å². The summed E-state index contributed by atoms with van der Waals surface area (Å²) in [6.07, 6.45) is 1.87. The van der Waals surface area contributed by atoms with Gasteiger partial charge in [0.1, 0.15) is 0 Å². The van der Waals surface area contributed by atoms with Gasteiger partial charge in [0.2, 0.25) is 5.13 Å². The first-order valence-corrected chi connectivity index (χ1v) is 10.5. The molecule has 1 aliphatic rings. The van der Waals surface area contributed by atoms with E-state index in [2.05, 4.69) is 47.4 Å². The Morgan fingerprint density at radius 3 is 3.00 bits per heavy atom. The lowest BCUT2D eigenvalue weighted by molar-refractivity contribution is -0.150. The third-order valence-corrected chi connectivity index (χ3v) is 5.91. The van der Waals surface area contributed by atoms with Gasteiger partial charge in [0.25, 0.3) is 0 Å². The Labute approximate surface area is 169 Å². The molecule has 1 N–H and O–H groups in total. The van der Waals surface area contributed by atoms with Gasteiger partial charge in [-0.05, 0) is 64.0 Å². The van der Waals surface area contributed by atoms with Crippen molar-refractivity contribution >= 4 is 40.3 Å². The fraction of sp³-hybridized carbons (Fsp3) is 0.526. The Hall–Kier alpha value is -1.77. The molecule has 1 saturated heterocycles. The number of carbonyl (C=O) groups is 1. The van der Waals surface area contributed by atoms with E-state index in [9.17, 15) is 4.79 Å². The molecule has 27 heavy (non-hydrogen) atoms. The van der Waals surface area contributed by atoms with Crippen molar-refractivity contribution in [3.8, 4) is 0 Å². The highest BCUT2D eigenvalue weighted by molar-refractivity contribution is 7.73. The molecule has 8 heteroatoms. The van der Waals surface area contributed by atoms with Crippen LogP contribution in [0.5, 0.6) is 0 Å². The Bertz CT molecular complexity index is 862. The SMILES string of the molecule is CCOC(=O)[C@H]1CCCN(Cn2nc(Nc3ccc(C)cc3C)sc2=S)C1. The van der Waals surface area contributed by atoms with Crippen LogP contribution in [0.15, 0.2) is 18.2 Å². The normalized spacial score (nSPS) is 17.7. The van der Waals surface area contributed by atoms with Crippen LogP contribution in [-0.2, 0) is 16.2 Å². The molecule has 2 aromatic rings. The first kappa shape index (κ1) is 20.0. The van der Waals surface area contributed by atoms with Crippen molar-refractivity contribution in [1.82, 2.24) is 14.7 Å². The first-order chi connectivity index (χ1) is 13.0. The highest BCUT2D eigenvalue weighted by atomic mass is 32.1. The smallest absolute Gasteiger partial charge is 0.310 e. The molecule has 6 nitrogen and oxygen atoms in total. The molecule has 0 aliphatic carbocycles. The summed E-state index contributed by atoms with van der Waals surface area (Å²) in [6, 6.07) is 6.28. The lowest BCUT2D eigenvalue weighted by atomic mass is 9.99. The zero-order valence-corrected chi connectivity index (χ0v) is 17.7. The highest BCUT2D eigenvalue weighted by Crippen LogP contribution is 2.25. The topological polar surface area (TPSA) is 59.4 Å². The largest absolute Gasteiger partial charge is 0.466 e. The first-order valence-electron chi connectivity index (χ1n) is 9.27. The van der Waals surface area contributed by atoms with Crippen molar-refractivity contribution in [2.24, 2.45) is 5.92 Å². The number of hydrogen-bond acceptors (Lipinski definition) is 7. The van der Waals surface area contributed by atoms with Crippen LogP contribution in [0.3, 0.4) is 0 Å². The van der Waals surface area contributed by atoms with Gasteiger partial charge in [0, 0.05) is 12.2 Å². The second-order valence-electron chi connectivity index (χ2n) is 6.93. The Balaban J connectivity index is 1.66. The van der Waals surface area contributed by atoms with Crippen LogP contribution >= 0.6 is 23.6 Å². The summed E-state index contributed by atoms with van der Waals surface area (Å²) in [7, 11) is 0. The van der Waals surface area contributed by atoms with E-state index in [0.29, 0.717) is 19.8 Å². The summed E-state index contributed by atoms with van der Waals surface area (Å²) >= 11 is 6.96. The fourth-order valence-corrected chi connectivity index (χ4v) is 4.35. The molecule has 0 amide bonds. The van der Waals surface area contributed by atoms with E-state index in [1.807, 2.05) is 11.6 Å². The maximum absolute atomic E-state index is 12.0. The molecule has 1 aromatic carbocycles. The number of carbonyl (C=O) groups excluding carboxylic acids is 1. The van der Waals surface area contributed by atoms with E-state index in [-0.39, 0.29) is 11.9 Å². The van der Waals surface area contributed by atoms with Crippen molar-refractivity contribution in [2.45, 2.75) is 40.3 Å². The number of anilines is 2. The molecule has 1 atom stereocenters. The van der Waals surface area contributed by atoms with E-state index >= 15 is 0 Å². The summed E-state index contributed by atoms with van der Waals surface area (Å²) in [5, 5.41) is 8.78. The number of benzene rings is 1. The Morgan fingerprint density at radius 1 is 1.44 bits per heavy atom. The van der Waals surface area contributed by atoms with E-state index < -0.39 is 0 Å². The fourth-order valence-electron chi connectivity index (χ4n) is 3.34. The van der Waals surface area contributed by atoms with Gasteiger partial charge in [0.15, 0.2) is 3.95 Å². The van der Waals surface area contributed by atoms with Crippen molar-refractivity contribution in [3.63, 3.8) is 0 Å². The monoisotopic (exact) mass is 406 g/mol. The number of aromatic nitrogens is 2. The second kappa shape index (κ2) is 8.95. The van der Waals surface area contributed by atoms with Gasteiger partial charge in [-0.25, -0.2) is 4.68 Å². The standard InChI is InChI=1S/C19H26N4O2S2/c1-4-25-17(24)15-6-5-9-22(11-15)12-23-19(26)27-18(21-23)20-16-8-7-13(2)10-14(16)3/h7-8,10,15H,4-6,9,11-12H2,1-3H3,(H,20,21)/t15-/m0/s1. The second-order valence-corrected chi connectivity index (χ2v) is 8.55. The number of rotatable bonds is 6. The van der Waals surface area contributed by atoms with E-state index in [1.54, 1.807) is 0 Å². The number of likely N-dealkylation sites (tertiary alicyclic amines) is 1. The molecule has 0 unspecified atom stereocenters. The van der Waals surface area contributed by atoms with Crippen LogP contribution in [0.2, 0.25) is 0 Å². The average Bonchev–Trinajstić information content (AvgIpc) is 2.97. The molecular formula is C19H26N4O2S2. The van der Waals surface area contributed by atoms with Gasteiger partial charge in [-0.1, -0.05) is 29.0 Å². The number of ether oxygens (including phenoxy) is 1. The average molecular weight is 407 g/mol. The van der Waals surface area contributed by atoms with Gasteiger partial charge in [-0.15, -0.1) is 5.10 Å². The molecule has 0 bridgehead atoms. The van der Waals surface area contributed by atoms with Crippen LogP contribution in [0.4, 0.5) is 10.8 Å². The molecule has 0 saturated carbocycles. The maximum atomic E-state index is 12.0. The lowest BCUT2D eigenvalue weighted by Gasteiger charge is -2.31. The zero-order chi connectivity index (χ0) is 19.4. The summed E-state index contributed by atoms with van der Waals surface area (Å²) in [6.45, 7) is 8.66. The molecule has 1 aromatic heterocycles. The Morgan fingerprint density at radius 2 is 2.26 bits per heavy atom. The number of nitrogens with zero attached hydrogens (tertiary/aromatic N) is 3. The predicted molar refractivity (Wildman–Crippen MR) is 111 cm³/mol. The predicted octanol–water partition coefficient (Wildman–Crippen LogP) is 4.27. The third kappa shape index (κ3) is 5.15. The lowest BCUT2D eigenvalue weighted by Crippen LogP contribution is -2.40. The Kier molecular flexibility index (Phi) is 6.62. The summed E-state index contributed by atoms with van der Waals surface area (Å²) in [5.41, 5.74) is 3.45. The van der Waals surface area contributed by atoms with Gasteiger partial charge in [-0.2, -0.15) is 0 Å². The zero-order valence-electron chi connectivity index (χ0n) is 16.0. The van der Waals surface area contributed by atoms with E-state index in [4.69, 9.17) is 17.0 Å². The summed E-state index contributed by atoms with van der Waals surface area (Å²) in [4.78, 5) is 14.3. The molecule has 0 radical (unpaired) electrons. The van der Waals surface area contributed by atoms with Crippen molar-refractivity contribution in [3.05, 3.63) is 33.3 Å². The number of hydrogen-bond donors (Lipinski definition) is 1. The molecular weight excluding hydrogens is 380 g/mol. The maximum Gasteiger partial charge on any atom is 0.310 e. The van der Waals surface area contributed by atoms with Gasteiger partial charge >= 0.3 is 5.97 Å². The van der Waals surface area contributed by atoms with Crippen molar-refractivity contribution < 1.29 is 9.53 Å². The minimum absolute atomic E-state index is 0.0562. The highest BCUT2D eigenvalue weighted by Gasteiger charge is 2.27. The summed E-state index contributed by atoms with van der Waals surface area (Å²) in [5.74, 6) is -0.152. The molecule has 2 heterocycles. The molecule has 146 valence electrons. The van der Waals surface area contributed by atoms with Crippen LogP contribution < -0.4 is 5.32 Å². The summed E-state index contributed by atoms with van der Waals surface area (Å²) < 4.78 is 7.73. The number of piperidine rings is 1. The van der Waals surface area contributed by atoms with Crippen molar-refractivity contribution in [1.29, 1.82) is 0 Å². The molecule has 1 aliphatic heterocycles. The van der Waals surface area contributed by atoms with Crippen molar-refractivity contribution in [2.75, 3.05) is 25.0 Å².